The van der Waals surface area contributed by atoms with Crippen LogP contribution in [0.25, 0.3) is 11.0 Å². The van der Waals surface area contributed by atoms with Crippen LogP contribution in [0.3, 0.4) is 0 Å². The standard InChI is InChI=1S/C13H18ClN3S/c1-3-18-8-7-9(2)17-11-6-4-5-10(14)12(11)16-13(17)15/h4-6,9H,3,7-8H2,1-2H3,(H2,15,16). The third-order valence-electron chi connectivity index (χ3n) is 3.02. The van der Waals surface area contributed by atoms with E-state index >= 15 is 0 Å². The minimum atomic E-state index is 0.340. The van der Waals surface area contributed by atoms with Gasteiger partial charge in [-0.2, -0.15) is 11.8 Å². The fourth-order valence-electron chi connectivity index (χ4n) is 2.09. The molecular formula is C13H18ClN3S. The molecule has 2 aromatic rings. The quantitative estimate of drug-likeness (QED) is 0.844. The average Bonchev–Trinajstić information content (AvgIpc) is 2.67. The summed E-state index contributed by atoms with van der Waals surface area (Å²) in [6.45, 7) is 4.35. The van der Waals surface area contributed by atoms with Gasteiger partial charge in [0.05, 0.1) is 10.5 Å². The molecule has 0 radical (unpaired) electrons. The number of halogens is 1. The smallest absolute Gasteiger partial charge is 0.201 e. The van der Waals surface area contributed by atoms with Crippen LogP contribution in [0, 0.1) is 0 Å². The number of anilines is 1. The number of nitrogens with zero attached hydrogens (tertiary/aromatic N) is 2. The van der Waals surface area contributed by atoms with Crippen LogP contribution in [0.15, 0.2) is 18.2 Å². The second-order valence-corrected chi connectivity index (χ2v) is 6.08. The lowest BCUT2D eigenvalue weighted by Gasteiger charge is -2.15. The van der Waals surface area contributed by atoms with E-state index in [0.717, 1.165) is 29.0 Å². The summed E-state index contributed by atoms with van der Waals surface area (Å²) < 4.78 is 2.08. The van der Waals surface area contributed by atoms with Crippen molar-refractivity contribution >= 4 is 40.3 Å². The first-order valence-electron chi connectivity index (χ1n) is 6.14. The normalized spacial score (nSPS) is 13.1. The fraction of sp³-hybridized carbons (Fsp3) is 0.462. The molecule has 5 heteroatoms. The average molecular weight is 284 g/mol. The van der Waals surface area contributed by atoms with E-state index in [-0.39, 0.29) is 0 Å². The van der Waals surface area contributed by atoms with Crippen molar-refractivity contribution in [2.45, 2.75) is 26.3 Å². The Balaban J connectivity index is 2.32. The number of nitrogen functional groups attached to an aromatic ring is 1. The highest BCUT2D eigenvalue weighted by Crippen LogP contribution is 2.29. The number of thioether (sulfide) groups is 1. The fourth-order valence-corrected chi connectivity index (χ4v) is 3.10. The topological polar surface area (TPSA) is 43.8 Å². The molecule has 0 amide bonds. The van der Waals surface area contributed by atoms with Gasteiger partial charge in [0.1, 0.15) is 5.52 Å². The molecule has 1 unspecified atom stereocenters. The summed E-state index contributed by atoms with van der Waals surface area (Å²) in [7, 11) is 0. The van der Waals surface area contributed by atoms with Gasteiger partial charge in [-0.15, -0.1) is 0 Å². The van der Waals surface area contributed by atoms with E-state index in [1.807, 2.05) is 30.0 Å². The van der Waals surface area contributed by atoms with Crippen molar-refractivity contribution in [2.75, 3.05) is 17.2 Å². The molecule has 3 nitrogen and oxygen atoms in total. The van der Waals surface area contributed by atoms with E-state index in [1.54, 1.807) is 0 Å². The Morgan fingerprint density at radius 3 is 3.00 bits per heavy atom. The number of aromatic nitrogens is 2. The van der Waals surface area contributed by atoms with Crippen LogP contribution in [0.4, 0.5) is 5.95 Å². The van der Waals surface area contributed by atoms with Crippen molar-refractivity contribution in [2.24, 2.45) is 0 Å². The maximum Gasteiger partial charge on any atom is 0.201 e. The number of rotatable bonds is 5. The molecular weight excluding hydrogens is 266 g/mol. The maximum atomic E-state index is 6.14. The van der Waals surface area contributed by atoms with E-state index in [1.165, 1.54) is 0 Å². The van der Waals surface area contributed by atoms with E-state index < -0.39 is 0 Å². The zero-order chi connectivity index (χ0) is 13.1. The van der Waals surface area contributed by atoms with E-state index in [0.29, 0.717) is 17.0 Å². The molecule has 0 aliphatic heterocycles. The molecule has 1 aromatic heterocycles. The van der Waals surface area contributed by atoms with Crippen LogP contribution in [0.2, 0.25) is 5.02 Å². The maximum absolute atomic E-state index is 6.14. The third kappa shape index (κ3) is 2.59. The molecule has 1 aromatic carbocycles. The summed E-state index contributed by atoms with van der Waals surface area (Å²) in [6, 6.07) is 6.15. The first-order valence-corrected chi connectivity index (χ1v) is 7.68. The number of hydrogen-bond acceptors (Lipinski definition) is 3. The second-order valence-electron chi connectivity index (χ2n) is 4.28. The molecule has 0 spiro atoms. The third-order valence-corrected chi connectivity index (χ3v) is 4.26. The second kappa shape index (κ2) is 5.85. The summed E-state index contributed by atoms with van der Waals surface area (Å²) in [5, 5.41) is 0.660. The zero-order valence-corrected chi connectivity index (χ0v) is 12.3. The van der Waals surface area contributed by atoms with E-state index in [2.05, 4.69) is 23.4 Å². The van der Waals surface area contributed by atoms with Gasteiger partial charge in [-0.05, 0) is 37.0 Å². The minimum absolute atomic E-state index is 0.340. The molecule has 0 bridgehead atoms. The van der Waals surface area contributed by atoms with Gasteiger partial charge in [0.2, 0.25) is 5.95 Å². The lowest BCUT2D eigenvalue weighted by molar-refractivity contribution is 0.556. The Labute approximate surface area is 117 Å². The first-order chi connectivity index (χ1) is 8.65. The molecule has 0 aliphatic carbocycles. The number of fused-ring (bicyclic) bond motifs is 1. The molecule has 1 atom stereocenters. The van der Waals surface area contributed by atoms with Crippen LogP contribution < -0.4 is 5.73 Å². The first kappa shape index (κ1) is 13.6. The van der Waals surface area contributed by atoms with E-state index in [4.69, 9.17) is 17.3 Å². The SMILES string of the molecule is CCSCCC(C)n1c(N)nc2c(Cl)cccc21. The molecule has 1 heterocycles. The van der Waals surface area contributed by atoms with Gasteiger partial charge in [0, 0.05) is 6.04 Å². The van der Waals surface area contributed by atoms with Gasteiger partial charge in [0.25, 0.3) is 0 Å². The van der Waals surface area contributed by atoms with Crippen LogP contribution in [-0.4, -0.2) is 21.1 Å². The largest absolute Gasteiger partial charge is 0.369 e. The summed E-state index contributed by atoms with van der Waals surface area (Å²) in [5.41, 5.74) is 7.83. The predicted molar refractivity (Wildman–Crippen MR) is 81.5 cm³/mol. The summed E-state index contributed by atoms with van der Waals surface area (Å²) in [5.74, 6) is 2.84. The van der Waals surface area contributed by atoms with Crippen LogP contribution in [0.1, 0.15) is 26.3 Å². The number of benzene rings is 1. The van der Waals surface area contributed by atoms with Crippen molar-refractivity contribution in [1.82, 2.24) is 9.55 Å². The van der Waals surface area contributed by atoms with Crippen molar-refractivity contribution in [3.63, 3.8) is 0 Å². The molecule has 0 saturated carbocycles. The Bertz CT molecular complexity index is 538. The summed E-state index contributed by atoms with van der Waals surface area (Å²) in [4.78, 5) is 4.36. The van der Waals surface area contributed by atoms with Gasteiger partial charge in [-0.1, -0.05) is 24.6 Å². The zero-order valence-electron chi connectivity index (χ0n) is 10.7. The number of nitrogens with two attached hydrogens (primary N) is 1. The summed E-state index contributed by atoms with van der Waals surface area (Å²) >= 11 is 8.09. The minimum Gasteiger partial charge on any atom is -0.369 e. The predicted octanol–water partition coefficient (Wildman–Crippen LogP) is 3.98. The lowest BCUT2D eigenvalue weighted by atomic mass is 10.2. The Hall–Kier alpha value is -0.870. The van der Waals surface area contributed by atoms with Gasteiger partial charge in [-0.3, -0.25) is 0 Å². The van der Waals surface area contributed by atoms with Gasteiger partial charge in [0.15, 0.2) is 0 Å². The summed E-state index contributed by atoms with van der Waals surface area (Å²) in [6.07, 6.45) is 1.08. The number of imidazole rings is 1. The monoisotopic (exact) mass is 283 g/mol. The Morgan fingerprint density at radius 1 is 1.50 bits per heavy atom. The molecule has 2 rings (SSSR count). The molecule has 2 N–H and O–H groups in total. The number of para-hydroxylation sites is 1. The van der Waals surface area contributed by atoms with Crippen LogP contribution >= 0.6 is 23.4 Å². The number of hydrogen-bond donors (Lipinski definition) is 1. The van der Waals surface area contributed by atoms with Crippen molar-refractivity contribution in [1.29, 1.82) is 0 Å². The molecule has 0 aliphatic rings. The van der Waals surface area contributed by atoms with Crippen molar-refractivity contribution in [3.8, 4) is 0 Å². The Morgan fingerprint density at radius 2 is 2.28 bits per heavy atom. The molecule has 0 fully saturated rings. The van der Waals surface area contributed by atoms with Crippen LogP contribution in [-0.2, 0) is 0 Å². The van der Waals surface area contributed by atoms with E-state index in [9.17, 15) is 0 Å². The van der Waals surface area contributed by atoms with Gasteiger partial charge >= 0.3 is 0 Å². The van der Waals surface area contributed by atoms with Crippen LogP contribution in [0.5, 0.6) is 0 Å². The highest BCUT2D eigenvalue weighted by molar-refractivity contribution is 7.99. The molecule has 0 saturated heterocycles. The highest BCUT2D eigenvalue weighted by atomic mass is 35.5. The highest BCUT2D eigenvalue weighted by Gasteiger charge is 2.15. The Kier molecular flexibility index (Phi) is 4.40. The molecule has 98 valence electrons. The molecule has 18 heavy (non-hydrogen) atoms. The van der Waals surface area contributed by atoms with Gasteiger partial charge in [-0.25, -0.2) is 4.98 Å². The van der Waals surface area contributed by atoms with Crippen molar-refractivity contribution < 1.29 is 0 Å². The van der Waals surface area contributed by atoms with Crippen molar-refractivity contribution in [3.05, 3.63) is 23.2 Å². The lowest BCUT2D eigenvalue weighted by Crippen LogP contribution is -2.09. The van der Waals surface area contributed by atoms with Gasteiger partial charge < -0.3 is 10.3 Å².